The van der Waals surface area contributed by atoms with Gasteiger partial charge in [0.05, 0.1) is 47.6 Å². The Morgan fingerprint density at radius 3 is 1.43 bits per heavy atom. The zero-order chi connectivity index (χ0) is 39.9. The Bertz CT molecular complexity index is 3190. The van der Waals surface area contributed by atoms with E-state index in [0.29, 0.717) is 78.7 Å². The smallest absolute Gasteiger partial charge is 0.340 e. The molecular formula is C44H28N4O10. The standard InChI is InChI=1S/C23H16N2O5.C21H12N2O5/c1-27-16-10-4-3-7-13(16)21-24-19-14(8-5-11-17(19)29-21)22-25-20-15(23(26)28-2)9-6-12-18(20)30-22;24-14-8-2-1-5-11(14)19-22-17-12(6-3-9-15(17)27-19)20-23-18-13(21(25)26)7-4-10-16(18)28-20/h3-12H,1-2H3;1-10,24H,(H,25,26). The molecule has 284 valence electrons. The minimum atomic E-state index is -1.08. The van der Waals surface area contributed by atoms with Crippen molar-refractivity contribution in [3.8, 4) is 57.3 Å². The van der Waals surface area contributed by atoms with E-state index >= 15 is 0 Å². The topological polar surface area (TPSA) is 197 Å². The van der Waals surface area contributed by atoms with Gasteiger partial charge in [-0.3, -0.25) is 0 Å². The quantitative estimate of drug-likeness (QED) is 0.145. The van der Waals surface area contributed by atoms with Crippen LogP contribution in [0.1, 0.15) is 20.7 Å². The molecule has 0 aliphatic carbocycles. The summed E-state index contributed by atoms with van der Waals surface area (Å²) in [5, 5.41) is 19.4. The first-order valence-electron chi connectivity index (χ1n) is 17.6. The van der Waals surface area contributed by atoms with Gasteiger partial charge in [0.1, 0.15) is 33.6 Å². The van der Waals surface area contributed by atoms with Crippen LogP contribution >= 0.6 is 0 Å². The molecule has 0 saturated heterocycles. The monoisotopic (exact) mass is 772 g/mol. The summed E-state index contributed by atoms with van der Waals surface area (Å²) in [6, 6.07) is 34.9. The number of carboxylic acid groups (broad SMARTS) is 1. The second kappa shape index (κ2) is 14.4. The second-order valence-corrected chi connectivity index (χ2v) is 12.7. The molecule has 14 heteroatoms. The molecular weight excluding hydrogens is 745 g/mol. The highest BCUT2D eigenvalue weighted by molar-refractivity contribution is 6.03. The van der Waals surface area contributed by atoms with Gasteiger partial charge in [0.15, 0.2) is 22.3 Å². The Labute approximate surface area is 326 Å². The molecule has 6 aromatic carbocycles. The van der Waals surface area contributed by atoms with Gasteiger partial charge in [0, 0.05) is 0 Å². The zero-order valence-electron chi connectivity index (χ0n) is 30.5. The Hall–Kier alpha value is -8.26. The van der Waals surface area contributed by atoms with Crippen molar-refractivity contribution < 1.29 is 46.9 Å². The number of aromatic hydroxyl groups is 1. The largest absolute Gasteiger partial charge is 0.507 e. The Morgan fingerprint density at radius 2 is 0.897 bits per heavy atom. The van der Waals surface area contributed by atoms with Gasteiger partial charge in [-0.1, -0.05) is 48.5 Å². The molecule has 0 saturated carbocycles. The zero-order valence-corrected chi connectivity index (χ0v) is 30.5. The van der Waals surface area contributed by atoms with Crippen LogP contribution in [-0.4, -0.2) is 56.3 Å². The molecule has 0 unspecified atom stereocenters. The number of nitrogens with zero attached hydrogens (tertiary/aromatic N) is 4. The molecule has 10 aromatic rings. The Morgan fingerprint density at radius 1 is 0.483 bits per heavy atom. The normalized spacial score (nSPS) is 11.2. The summed E-state index contributed by atoms with van der Waals surface area (Å²) in [6.45, 7) is 0. The highest BCUT2D eigenvalue weighted by Crippen LogP contribution is 2.38. The SMILES string of the molecule is COC(=O)c1cccc2oc(-c3cccc4oc(-c5ccccc5OC)nc34)nc12.O=C(O)c1cccc2oc(-c3cccc4oc(-c5ccccc5O)nc34)nc12. The van der Waals surface area contributed by atoms with Crippen molar-refractivity contribution in [2.24, 2.45) is 0 Å². The van der Waals surface area contributed by atoms with Gasteiger partial charge >= 0.3 is 11.9 Å². The molecule has 0 aliphatic heterocycles. The van der Waals surface area contributed by atoms with Gasteiger partial charge in [-0.2, -0.15) is 0 Å². The fraction of sp³-hybridized carbons (Fsp3) is 0.0455. The van der Waals surface area contributed by atoms with Crippen molar-refractivity contribution in [3.05, 3.63) is 132 Å². The molecule has 0 bridgehead atoms. The number of aromatic carboxylic acids is 1. The summed E-state index contributed by atoms with van der Waals surface area (Å²) in [5.74, 6) is 0.451. The molecule has 58 heavy (non-hydrogen) atoms. The first kappa shape index (κ1) is 35.4. The lowest BCUT2D eigenvalue weighted by Gasteiger charge is -2.03. The molecule has 0 radical (unpaired) electrons. The van der Waals surface area contributed by atoms with E-state index < -0.39 is 11.9 Å². The van der Waals surface area contributed by atoms with Gasteiger partial charge in [-0.15, -0.1) is 0 Å². The van der Waals surface area contributed by atoms with Crippen LogP contribution < -0.4 is 4.74 Å². The number of methoxy groups -OCH3 is 2. The van der Waals surface area contributed by atoms with Gasteiger partial charge in [0.2, 0.25) is 23.6 Å². The van der Waals surface area contributed by atoms with Crippen LogP contribution in [0.3, 0.4) is 0 Å². The van der Waals surface area contributed by atoms with Gasteiger partial charge in [0.25, 0.3) is 0 Å². The van der Waals surface area contributed by atoms with Crippen molar-refractivity contribution in [1.29, 1.82) is 0 Å². The lowest BCUT2D eigenvalue weighted by molar-refractivity contribution is 0.0601. The maximum Gasteiger partial charge on any atom is 0.340 e. The number of esters is 1. The van der Waals surface area contributed by atoms with Gasteiger partial charge < -0.3 is 37.4 Å². The number of benzene rings is 6. The number of ether oxygens (including phenoxy) is 2. The Balaban J connectivity index is 0.000000151. The summed E-state index contributed by atoms with van der Waals surface area (Å²) >= 11 is 0. The minimum absolute atomic E-state index is 0.0589. The summed E-state index contributed by atoms with van der Waals surface area (Å²) < 4.78 is 33.8. The van der Waals surface area contributed by atoms with E-state index in [1.807, 2.05) is 42.5 Å². The molecule has 0 spiro atoms. The number of oxazole rings is 4. The summed E-state index contributed by atoms with van der Waals surface area (Å²) in [4.78, 5) is 41.6. The minimum Gasteiger partial charge on any atom is -0.507 e. The number of para-hydroxylation sites is 6. The summed E-state index contributed by atoms with van der Waals surface area (Å²) in [6.07, 6.45) is 0. The summed E-state index contributed by atoms with van der Waals surface area (Å²) in [7, 11) is 2.93. The number of phenols is 1. The van der Waals surface area contributed by atoms with Crippen molar-refractivity contribution in [2.75, 3.05) is 14.2 Å². The average molecular weight is 773 g/mol. The lowest BCUT2D eigenvalue weighted by Crippen LogP contribution is -2.01. The van der Waals surface area contributed by atoms with Crippen LogP contribution in [0, 0.1) is 0 Å². The third-order valence-corrected chi connectivity index (χ3v) is 9.24. The van der Waals surface area contributed by atoms with Crippen LogP contribution in [-0.2, 0) is 4.74 Å². The first-order chi connectivity index (χ1) is 28.3. The average Bonchev–Trinajstić information content (AvgIpc) is 4.07. The number of phenolic OH excluding ortho intramolecular Hbond substituents is 1. The van der Waals surface area contributed by atoms with E-state index in [4.69, 9.17) is 27.1 Å². The Kier molecular flexibility index (Phi) is 8.82. The highest BCUT2D eigenvalue weighted by atomic mass is 16.5. The summed E-state index contributed by atoms with van der Waals surface area (Å²) in [5.41, 5.74) is 6.59. The van der Waals surface area contributed by atoms with Crippen LogP contribution in [0.2, 0.25) is 0 Å². The van der Waals surface area contributed by atoms with Crippen LogP contribution in [0.25, 0.3) is 90.2 Å². The number of hydrogen-bond donors (Lipinski definition) is 2. The molecule has 2 N–H and O–H groups in total. The van der Waals surface area contributed by atoms with Crippen molar-refractivity contribution >= 4 is 56.3 Å². The molecule has 4 heterocycles. The third kappa shape index (κ3) is 6.20. The fourth-order valence-corrected chi connectivity index (χ4v) is 6.52. The van der Waals surface area contributed by atoms with Gasteiger partial charge in [-0.25, -0.2) is 29.5 Å². The second-order valence-electron chi connectivity index (χ2n) is 12.7. The van der Waals surface area contributed by atoms with E-state index in [9.17, 15) is 19.8 Å². The van der Waals surface area contributed by atoms with E-state index in [1.165, 1.54) is 13.2 Å². The maximum absolute atomic E-state index is 12.1. The predicted octanol–water partition coefficient (Wildman–Crippen LogP) is 9.80. The van der Waals surface area contributed by atoms with Crippen LogP contribution in [0.5, 0.6) is 11.5 Å². The molecule has 0 aliphatic rings. The van der Waals surface area contributed by atoms with Crippen molar-refractivity contribution in [1.82, 2.24) is 19.9 Å². The first-order valence-corrected chi connectivity index (χ1v) is 17.6. The highest BCUT2D eigenvalue weighted by Gasteiger charge is 2.22. The predicted molar refractivity (Wildman–Crippen MR) is 211 cm³/mol. The van der Waals surface area contributed by atoms with Crippen LogP contribution in [0.4, 0.5) is 0 Å². The molecule has 4 aromatic heterocycles. The van der Waals surface area contributed by atoms with E-state index in [-0.39, 0.29) is 28.6 Å². The molecule has 10 rings (SSSR count). The molecule has 0 fully saturated rings. The number of fused-ring (bicyclic) bond motifs is 4. The number of carboxylic acids is 1. The van der Waals surface area contributed by atoms with Crippen molar-refractivity contribution in [2.45, 2.75) is 0 Å². The van der Waals surface area contributed by atoms with Crippen LogP contribution in [0.15, 0.2) is 139 Å². The van der Waals surface area contributed by atoms with Crippen molar-refractivity contribution in [3.63, 3.8) is 0 Å². The third-order valence-electron chi connectivity index (χ3n) is 9.24. The number of aromatic nitrogens is 4. The molecule has 0 amide bonds. The van der Waals surface area contributed by atoms with E-state index in [2.05, 4.69) is 19.9 Å². The van der Waals surface area contributed by atoms with E-state index in [1.54, 1.807) is 79.9 Å². The number of carbonyl (C=O) groups is 2. The number of carbonyl (C=O) groups excluding carboxylic acids is 1. The molecule has 14 nitrogen and oxygen atoms in total. The number of hydrogen-bond acceptors (Lipinski definition) is 13. The fourth-order valence-electron chi connectivity index (χ4n) is 6.52. The van der Waals surface area contributed by atoms with E-state index in [0.717, 1.165) is 5.56 Å². The number of rotatable bonds is 7. The maximum atomic E-state index is 12.1. The lowest BCUT2D eigenvalue weighted by atomic mass is 10.2. The molecule has 0 atom stereocenters. The van der Waals surface area contributed by atoms with Gasteiger partial charge in [-0.05, 0) is 72.8 Å².